The van der Waals surface area contributed by atoms with E-state index in [2.05, 4.69) is 26.0 Å². The molecule has 0 aliphatic rings. The van der Waals surface area contributed by atoms with Crippen molar-refractivity contribution in [2.75, 3.05) is 12.4 Å². The van der Waals surface area contributed by atoms with Crippen LogP contribution in [-0.4, -0.2) is 29.8 Å². The predicted molar refractivity (Wildman–Crippen MR) is 75.9 cm³/mol. The fraction of sp³-hybridized carbons (Fsp3) is 0.333. The number of methoxy groups -OCH3 is 1. The van der Waals surface area contributed by atoms with Crippen molar-refractivity contribution in [3.05, 3.63) is 32.3 Å². The first-order valence-electron chi connectivity index (χ1n) is 5.52. The summed E-state index contributed by atoms with van der Waals surface area (Å²) in [4.78, 5) is 32.8. The van der Waals surface area contributed by atoms with Crippen LogP contribution in [0.2, 0.25) is 0 Å². The van der Waals surface area contributed by atoms with Crippen LogP contribution in [0, 0.1) is 10.1 Å². The molecule has 8 heteroatoms. The van der Waals surface area contributed by atoms with Crippen LogP contribution in [0.5, 0.6) is 0 Å². The standard InChI is InChI=1S/C12H13BrN2O5/c1-12(2,11(17)20-3)14-10-8(13)4-7(6-16)5-9(10)15(18)19/h4-6,14H,1-3H3. The minimum Gasteiger partial charge on any atom is -0.467 e. The zero-order valence-electron chi connectivity index (χ0n) is 11.1. The summed E-state index contributed by atoms with van der Waals surface area (Å²) < 4.78 is 4.94. The largest absolute Gasteiger partial charge is 0.467 e. The molecule has 1 rings (SSSR count). The van der Waals surface area contributed by atoms with Gasteiger partial charge in [0.1, 0.15) is 17.5 Å². The summed E-state index contributed by atoms with van der Waals surface area (Å²) in [6.45, 7) is 3.06. The number of carbonyl (C=O) groups excluding carboxylic acids is 2. The zero-order chi connectivity index (χ0) is 15.5. The maximum Gasteiger partial charge on any atom is 0.330 e. The number of hydrogen-bond acceptors (Lipinski definition) is 6. The molecule has 1 N–H and O–H groups in total. The number of anilines is 1. The number of halogens is 1. The van der Waals surface area contributed by atoms with Gasteiger partial charge in [0.05, 0.1) is 12.0 Å². The van der Waals surface area contributed by atoms with Crippen molar-refractivity contribution in [1.82, 2.24) is 0 Å². The molecule has 0 bridgehead atoms. The molecule has 0 fully saturated rings. The molecule has 0 saturated heterocycles. The predicted octanol–water partition coefficient (Wildman–Crippen LogP) is 2.53. The summed E-state index contributed by atoms with van der Waals surface area (Å²) in [7, 11) is 1.23. The van der Waals surface area contributed by atoms with E-state index in [1.165, 1.54) is 27.0 Å². The lowest BCUT2D eigenvalue weighted by Gasteiger charge is -2.24. The third-order valence-electron chi connectivity index (χ3n) is 2.56. The van der Waals surface area contributed by atoms with Crippen LogP contribution in [0.25, 0.3) is 0 Å². The number of aldehydes is 1. The van der Waals surface area contributed by atoms with Crippen molar-refractivity contribution in [3.8, 4) is 0 Å². The van der Waals surface area contributed by atoms with Crippen molar-refractivity contribution >= 4 is 39.6 Å². The number of rotatable bonds is 5. The molecular formula is C12H13BrN2O5. The van der Waals surface area contributed by atoms with Gasteiger partial charge in [-0.3, -0.25) is 14.9 Å². The van der Waals surface area contributed by atoms with E-state index in [4.69, 9.17) is 0 Å². The number of carbonyl (C=O) groups is 2. The Morgan fingerprint density at radius 2 is 2.10 bits per heavy atom. The van der Waals surface area contributed by atoms with E-state index in [0.717, 1.165) is 6.07 Å². The number of nitro benzene ring substituents is 1. The van der Waals surface area contributed by atoms with Gasteiger partial charge in [-0.15, -0.1) is 0 Å². The van der Waals surface area contributed by atoms with Gasteiger partial charge in [-0.1, -0.05) is 0 Å². The molecule has 7 nitrogen and oxygen atoms in total. The van der Waals surface area contributed by atoms with Gasteiger partial charge >= 0.3 is 5.97 Å². The quantitative estimate of drug-likeness (QED) is 0.381. The molecule has 0 radical (unpaired) electrons. The Hall–Kier alpha value is -1.96. The average Bonchev–Trinajstić information content (AvgIpc) is 2.39. The van der Waals surface area contributed by atoms with E-state index in [1.807, 2.05) is 0 Å². The number of ether oxygens (including phenoxy) is 1. The number of esters is 1. The molecule has 0 heterocycles. The average molecular weight is 345 g/mol. The van der Waals surface area contributed by atoms with Gasteiger partial charge < -0.3 is 10.1 Å². The van der Waals surface area contributed by atoms with Crippen molar-refractivity contribution in [2.45, 2.75) is 19.4 Å². The topological polar surface area (TPSA) is 98.5 Å². The fourth-order valence-electron chi connectivity index (χ4n) is 1.57. The molecule has 108 valence electrons. The number of nitrogens with zero attached hydrogens (tertiary/aromatic N) is 1. The Kier molecular flexibility index (Phi) is 4.83. The lowest BCUT2D eigenvalue weighted by atomic mass is 10.0. The highest BCUT2D eigenvalue weighted by molar-refractivity contribution is 9.10. The second-order valence-corrected chi connectivity index (χ2v) is 5.37. The Morgan fingerprint density at radius 3 is 2.55 bits per heavy atom. The normalized spacial score (nSPS) is 10.8. The minimum atomic E-state index is -1.16. The first kappa shape index (κ1) is 16.1. The first-order chi connectivity index (χ1) is 9.22. The van der Waals surface area contributed by atoms with Crippen LogP contribution in [0.15, 0.2) is 16.6 Å². The SMILES string of the molecule is COC(=O)C(C)(C)Nc1c(Br)cc(C=O)cc1[N+](=O)[O-]. The van der Waals surface area contributed by atoms with Gasteiger partial charge in [0, 0.05) is 16.1 Å². The third kappa shape index (κ3) is 3.32. The minimum absolute atomic E-state index is 0.107. The molecular weight excluding hydrogens is 332 g/mol. The Bertz CT molecular complexity index is 571. The van der Waals surface area contributed by atoms with Gasteiger partial charge in [-0.25, -0.2) is 4.79 Å². The molecule has 0 saturated carbocycles. The van der Waals surface area contributed by atoms with E-state index in [-0.39, 0.29) is 16.9 Å². The third-order valence-corrected chi connectivity index (χ3v) is 3.18. The van der Waals surface area contributed by atoms with Crippen LogP contribution in [0.3, 0.4) is 0 Å². The Labute approximate surface area is 123 Å². The molecule has 1 aromatic rings. The monoisotopic (exact) mass is 344 g/mol. The highest BCUT2D eigenvalue weighted by Crippen LogP contribution is 2.35. The molecule has 0 amide bonds. The van der Waals surface area contributed by atoms with Crippen LogP contribution >= 0.6 is 15.9 Å². The summed E-state index contributed by atoms with van der Waals surface area (Å²) in [5.74, 6) is -0.571. The molecule has 0 unspecified atom stereocenters. The Balaban J connectivity index is 3.34. The molecule has 0 aliphatic carbocycles. The lowest BCUT2D eigenvalue weighted by molar-refractivity contribution is -0.384. The molecule has 0 atom stereocenters. The number of benzene rings is 1. The summed E-state index contributed by atoms with van der Waals surface area (Å²) >= 11 is 3.15. The van der Waals surface area contributed by atoms with Crippen LogP contribution in [0.4, 0.5) is 11.4 Å². The van der Waals surface area contributed by atoms with Gasteiger partial charge in [-0.2, -0.15) is 0 Å². The van der Waals surface area contributed by atoms with E-state index in [9.17, 15) is 19.7 Å². The van der Waals surface area contributed by atoms with Crippen LogP contribution in [0.1, 0.15) is 24.2 Å². The first-order valence-corrected chi connectivity index (χ1v) is 6.32. The van der Waals surface area contributed by atoms with Crippen molar-refractivity contribution in [1.29, 1.82) is 0 Å². The maximum atomic E-state index is 11.6. The zero-order valence-corrected chi connectivity index (χ0v) is 12.7. The molecule has 1 aromatic carbocycles. The second kappa shape index (κ2) is 6.00. The van der Waals surface area contributed by atoms with Crippen LogP contribution in [-0.2, 0) is 9.53 Å². The summed E-state index contributed by atoms with van der Waals surface area (Å²) in [6, 6.07) is 2.56. The molecule has 0 spiro atoms. The van der Waals surface area contributed by atoms with E-state index < -0.39 is 16.4 Å². The van der Waals surface area contributed by atoms with Gasteiger partial charge in [0.2, 0.25) is 0 Å². The number of hydrogen-bond donors (Lipinski definition) is 1. The highest BCUT2D eigenvalue weighted by atomic mass is 79.9. The fourth-order valence-corrected chi connectivity index (χ4v) is 2.13. The number of nitro groups is 1. The van der Waals surface area contributed by atoms with Crippen molar-refractivity contribution in [2.24, 2.45) is 0 Å². The van der Waals surface area contributed by atoms with E-state index >= 15 is 0 Å². The summed E-state index contributed by atoms with van der Waals surface area (Å²) in [5, 5.41) is 13.8. The highest BCUT2D eigenvalue weighted by Gasteiger charge is 2.32. The summed E-state index contributed by atoms with van der Waals surface area (Å²) in [6.07, 6.45) is 0.507. The van der Waals surface area contributed by atoms with Crippen LogP contribution < -0.4 is 5.32 Å². The maximum absolute atomic E-state index is 11.6. The van der Waals surface area contributed by atoms with Gasteiger partial charge in [0.25, 0.3) is 5.69 Å². The summed E-state index contributed by atoms with van der Waals surface area (Å²) in [5.41, 5.74) is -1.20. The number of nitrogens with one attached hydrogen (secondary N) is 1. The lowest BCUT2D eigenvalue weighted by Crippen LogP contribution is -2.41. The second-order valence-electron chi connectivity index (χ2n) is 4.51. The van der Waals surface area contributed by atoms with Crippen molar-refractivity contribution in [3.63, 3.8) is 0 Å². The van der Waals surface area contributed by atoms with E-state index in [1.54, 1.807) is 0 Å². The van der Waals surface area contributed by atoms with Gasteiger partial charge in [-0.05, 0) is 35.8 Å². The van der Waals surface area contributed by atoms with Crippen molar-refractivity contribution < 1.29 is 19.2 Å². The van der Waals surface area contributed by atoms with E-state index in [0.29, 0.717) is 10.8 Å². The molecule has 0 aliphatic heterocycles. The smallest absolute Gasteiger partial charge is 0.330 e. The Morgan fingerprint density at radius 1 is 1.50 bits per heavy atom. The van der Waals surface area contributed by atoms with Gasteiger partial charge in [0.15, 0.2) is 0 Å². The molecule has 20 heavy (non-hydrogen) atoms. The molecule has 0 aromatic heterocycles.